The quantitative estimate of drug-likeness (QED) is 0.801. The van der Waals surface area contributed by atoms with Crippen molar-refractivity contribution < 1.29 is 27.5 Å². The second-order valence-corrected chi connectivity index (χ2v) is 7.06. The van der Waals surface area contributed by atoms with Gasteiger partial charge in [-0.2, -0.15) is 13.2 Å². The monoisotopic (exact) mass is 400 g/mol. The molecular weight excluding hydrogens is 385 g/mol. The number of carbonyl (C=O) groups excluding carboxylic acids is 2. The number of pyridine rings is 1. The maximum absolute atomic E-state index is 12.8. The van der Waals surface area contributed by atoms with Gasteiger partial charge in [0, 0.05) is 11.1 Å². The van der Waals surface area contributed by atoms with Crippen molar-refractivity contribution in [2.75, 3.05) is 12.4 Å². The van der Waals surface area contributed by atoms with Gasteiger partial charge in [-0.15, -0.1) is 11.3 Å². The Labute approximate surface area is 155 Å². The zero-order chi connectivity index (χ0) is 19.8. The molecule has 0 fully saturated rings. The highest BCUT2D eigenvalue weighted by Gasteiger charge is 2.34. The topological polar surface area (TPSA) is 77.4 Å². The Kier molecular flexibility index (Phi) is 5.09. The van der Waals surface area contributed by atoms with Crippen LogP contribution in [-0.4, -0.2) is 23.6 Å². The van der Waals surface area contributed by atoms with Gasteiger partial charge in [-0.1, -0.05) is 0 Å². The number of ether oxygens (including phenoxy) is 1. The number of hydrogen-bond donors (Lipinski definition) is 1. The Bertz CT molecular complexity index is 962. The number of aromatic nitrogens is 1. The molecule has 0 aliphatic heterocycles. The number of amides is 1. The normalized spacial score (nSPS) is 13.3. The second-order valence-electron chi connectivity index (χ2n) is 5.95. The highest BCUT2D eigenvalue weighted by Crippen LogP contribution is 2.39. The van der Waals surface area contributed by atoms with E-state index >= 15 is 0 Å². The molecule has 144 valence electrons. The van der Waals surface area contributed by atoms with Gasteiger partial charge in [0.05, 0.1) is 12.7 Å². The summed E-state index contributed by atoms with van der Waals surface area (Å²) in [4.78, 5) is 37.2. The van der Waals surface area contributed by atoms with E-state index in [0.717, 1.165) is 35.5 Å². The van der Waals surface area contributed by atoms with E-state index in [2.05, 4.69) is 5.32 Å². The molecule has 27 heavy (non-hydrogen) atoms. The van der Waals surface area contributed by atoms with Crippen LogP contribution in [0.5, 0.6) is 0 Å². The Balaban J connectivity index is 1.84. The number of thiophene rings is 1. The van der Waals surface area contributed by atoms with Crippen LogP contribution in [0.25, 0.3) is 0 Å². The maximum Gasteiger partial charge on any atom is 0.421 e. The van der Waals surface area contributed by atoms with E-state index in [9.17, 15) is 27.6 Å². The summed E-state index contributed by atoms with van der Waals surface area (Å²) in [7, 11) is 1.23. The van der Waals surface area contributed by atoms with Gasteiger partial charge in [0.2, 0.25) is 5.91 Å². The van der Waals surface area contributed by atoms with Crippen LogP contribution in [-0.2, 0) is 35.1 Å². The van der Waals surface area contributed by atoms with Crippen LogP contribution >= 0.6 is 11.3 Å². The molecule has 0 radical (unpaired) electrons. The molecule has 10 heteroatoms. The lowest BCUT2D eigenvalue weighted by Crippen LogP contribution is -2.32. The zero-order valence-corrected chi connectivity index (χ0v) is 15.0. The smallest absolute Gasteiger partial charge is 0.421 e. The fourth-order valence-corrected chi connectivity index (χ4v) is 4.30. The number of nitrogens with one attached hydrogen (secondary N) is 1. The third kappa shape index (κ3) is 3.75. The van der Waals surface area contributed by atoms with Gasteiger partial charge in [0.15, 0.2) is 0 Å². The second kappa shape index (κ2) is 7.18. The van der Waals surface area contributed by atoms with Gasteiger partial charge in [0.1, 0.15) is 17.1 Å². The van der Waals surface area contributed by atoms with E-state index in [1.165, 1.54) is 18.4 Å². The van der Waals surface area contributed by atoms with Crippen LogP contribution in [0.4, 0.5) is 18.2 Å². The molecule has 0 aromatic carbocycles. The highest BCUT2D eigenvalue weighted by molar-refractivity contribution is 7.17. The molecule has 0 atom stereocenters. The standard InChI is InChI=1S/C17H15F3N2O4S/c1-26-16(25)13-9-4-2-6-11(9)27-14(13)21-12(23)8-22-7-3-5-10(15(22)24)17(18,19)20/h3,5,7H,2,4,6,8H2,1H3,(H,21,23). The summed E-state index contributed by atoms with van der Waals surface area (Å²) in [5, 5.41) is 2.82. The molecule has 1 N–H and O–H groups in total. The predicted molar refractivity (Wildman–Crippen MR) is 92.0 cm³/mol. The molecule has 1 aliphatic carbocycles. The summed E-state index contributed by atoms with van der Waals surface area (Å²) >= 11 is 1.24. The highest BCUT2D eigenvalue weighted by atomic mass is 32.1. The molecule has 0 spiro atoms. The number of rotatable bonds is 4. The van der Waals surface area contributed by atoms with Crippen LogP contribution in [0, 0.1) is 0 Å². The van der Waals surface area contributed by atoms with Crippen molar-refractivity contribution >= 4 is 28.2 Å². The van der Waals surface area contributed by atoms with E-state index in [1.54, 1.807) is 0 Å². The average molecular weight is 400 g/mol. The third-order valence-electron chi connectivity index (χ3n) is 4.20. The Morgan fingerprint density at radius 3 is 2.74 bits per heavy atom. The third-order valence-corrected chi connectivity index (χ3v) is 5.41. The lowest BCUT2D eigenvalue weighted by Gasteiger charge is -2.11. The molecular formula is C17H15F3N2O4S. The Morgan fingerprint density at radius 1 is 1.33 bits per heavy atom. The first-order valence-electron chi connectivity index (χ1n) is 8.01. The van der Waals surface area contributed by atoms with Crippen LogP contribution in [0.1, 0.15) is 32.8 Å². The fraction of sp³-hybridized carbons (Fsp3) is 0.353. The van der Waals surface area contributed by atoms with Crippen molar-refractivity contribution in [3.8, 4) is 0 Å². The summed E-state index contributed by atoms with van der Waals surface area (Å²) < 4.78 is 43.9. The van der Waals surface area contributed by atoms with Crippen molar-refractivity contribution in [1.82, 2.24) is 4.57 Å². The predicted octanol–water partition coefficient (Wildman–Crippen LogP) is 2.84. The van der Waals surface area contributed by atoms with Crippen LogP contribution in [0.2, 0.25) is 0 Å². The number of alkyl halides is 3. The SMILES string of the molecule is COC(=O)c1c(NC(=O)Cn2cccc(C(F)(F)F)c2=O)sc2c1CCC2. The summed E-state index contributed by atoms with van der Waals surface area (Å²) in [5.41, 5.74) is -1.54. The summed E-state index contributed by atoms with van der Waals surface area (Å²) in [6.07, 6.45) is -1.32. The molecule has 3 rings (SSSR count). The molecule has 6 nitrogen and oxygen atoms in total. The van der Waals surface area contributed by atoms with Crippen molar-refractivity contribution in [2.45, 2.75) is 32.0 Å². The molecule has 0 bridgehead atoms. The fourth-order valence-electron chi connectivity index (χ4n) is 3.01. The van der Waals surface area contributed by atoms with Crippen molar-refractivity contribution in [1.29, 1.82) is 0 Å². The number of hydrogen-bond acceptors (Lipinski definition) is 5. The number of methoxy groups -OCH3 is 1. The molecule has 1 amide bonds. The van der Waals surface area contributed by atoms with E-state index in [1.807, 2.05) is 0 Å². The largest absolute Gasteiger partial charge is 0.465 e. The lowest BCUT2D eigenvalue weighted by atomic mass is 10.1. The first-order valence-corrected chi connectivity index (χ1v) is 8.83. The number of nitrogens with zero attached hydrogens (tertiary/aromatic N) is 1. The van der Waals surface area contributed by atoms with E-state index in [0.29, 0.717) is 17.1 Å². The van der Waals surface area contributed by atoms with Gasteiger partial charge >= 0.3 is 12.1 Å². The number of anilines is 1. The summed E-state index contributed by atoms with van der Waals surface area (Å²) in [6.45, 7) is -0.605. The zero-order valence-electron chi connectivity index (χ0n) is 14.2. The number of fused-ring (bicyclic) bond motifs is 1. The lowest BCUT2D eigenvalue weighted by molar-refractivity contribution is -0.139. The van der Waals surface area contributed by atoms with Crippen molar-refractivity contribution in [3.05, 3.63) is 50.3 Å². The van der Waals surface area contributed by atoms with Gasteiger partial charge in [-0.25, -0.2) is 4.79 Å². The molecule has 2 aromatic heterocycles. The van der Waals surface area contributed by atoms with E-state index in [4.69, 9.17) is 4.74 Å². The van der Waals surface area contributed by atoms with Crippen molar-refractivity contribution in [3.63, 3.8) is 0 Å². The number of halogens is 3. The average Bonchev–Trinajstić information content (AvgIpc) is 3.15. The van der Waals surface area contributed by atoms with Crippen molar-refractivity contribution in [2.24, 2.45) is 0 Å². The molecule has 2 aromatic rings. The van der Waals surface area contributed by atoms with Gasteiger partial charge in [-0.05, 0) is 37.0 Å². The van der Waals surface area contributed by atoms with Gasteiger partial charge in [0.25, 0.3) is 5.56 Å². The molecule has 1 aliphatic rings. The Morgan fingerprint density at radius 2 is 2.07 bits per heavy atom. The minimum absolute atomic E-state index is 0.278. The van der Waals surface area contributed by atoms with Crippen LogP contribution in [0.3, 0.4) is 0 Å². The first kappa shape index (κ1) is 19.2. The minimum Gasteiger partial charge on any atom is -0.465 e. The van der Waals surface area contributed by atoms with E-state index in [-0.39, 0.29) is 10.6 Å². The van der Waals surface area contributed by atoms with E-state index < -0.39 is 35.7 Å². The van der Waals surface area contributed by atoms with Crippen LogP contribution < -0.4 is 10.9 Å². The molecule has 0 saturated heterocycles. The summed E-state index contributed by atoms with van der Waals surface area (Å²) in [6, 6.07) is 1.72. The minimum atomic E-state index is -4.80. The Hall–Kier alpha value is -2.62. The molecule has 0 unspecified atom stereocenters. The number of esters is 1. The molecule has 2 heterocycles. The number of aryl methyl sites for hydroxylation is 1. The van der Waals surface area contributed by atoms with Crippen LogP contribution in [0.15, 0.2) is 23.1 Å². The number of carbonyl (C=O) groups is 2. The van der Waals surface area contributed by atoms with Gasteiger partial charge < -0.3 is 14.6 Å². The summed E-state index contributed by atoms with van der Waals surface area (Å²) in [5.74, 6) is -1.29. The maximum atomic E-state index is 12.8. The van der Waals surface area contributed by atoms with Gasteiger partial charge in [-0.3, -0.25) is 9.59 Å². The first-order chi connectivity index (χ1) is 12.7. The molecule has 0 saturated carbocycles.